The molecule has 4 N–H and O–H groups in total. The molecule has 0 atom stereocenters. The molecule has 13 heteroatoms. The number of nitrogen functional groups attached to an aromatic ring is 1. The lowest BCUT2D eigenvalue weighted by molar-refractivity contribution is 0.490. The quantitative estimate of drug-likeness (QED) is 0.232. The first-order valence-corrected chi connectivity index (χ1v) is 16.2. The molecule has 3 aromatic heterocycles. The lowest BCUT2D eigenvalue weighted by atomic mass is 10.0. The second-order valence-corrected chi connectivity index (χ2v) is 14.0. The number of nitrogens with zero attached hydrogens (tertiary/aromatic N) is 3. The lowest BCUT2D eigenvalue weighted by Gasteiger charge is -2.11. The first-order chi connectivity index (χ1) is 18.3. The smallest absolute Gasteiger partial charge is 0.261 e. The van der Waals surface area contributed by atoms with E-state index in [1.165, 1.54) is 4.88 Å². The molecule has 0 aliphatic carbocycles. The minimum Gasteiger partial charge on any atom is -0.368 e. The third kappa shape index (κ3) is 6.22. The molecule has 0 fully saturated rings. The van der Waals surface area contributed by atoms with Crippen molar-refractivity contribution in [2.24, 2.45) is 0 Å². The zero-order valence-corrected chi connectivity index (χ0v) is 24.2. The Morgan fingerprint density at radius 2 is 1.67 bits per heavy atom. The molecule has 39 heavy (non-hydrogen) atoms. The molecule has 5 rings (SSSR count). The van der Waals surface area contributed by atoms with E-state index in [1.807, 2.05) is 36.4 Å². The predicted molar refractivity (Wildman–Crippen MR) is 157 cm³/mol. The second-order valence-electron chi connectivity index (χ2n) is 9.06. The van der Waals surface area contributed by atoms with Gasteiger partial charge in [0, 0.05) is 16.0 Å². The number of hydrogen-bond acceptors (Lipinski definition) is 8. The van der Waals surface area contributed by atoms with E-state index in [2.05, 4.69) is 29.0 Å². The monoisotopic (exact) mass is 587 g/mol. The zero-order chi connectivity index (χ0) is 28.5. The van der Waals surface area contributed by atoms with Gasteiger partial charge in [0.15, 0.2) is 0 Å². The summed E-state index contributed by atoms with van der Waals surface area (Å²) >= 11 is 1.71. The Hall–Kier alpha value is -3.52. The largest absolute Gasteiger partial charge is 0.368 e. The Balaban J connectivity index is 0.000000648. The number of benzene rings is 2. The Labute approximate surface area is 231 Å². The van der Waals surface area contributed by atoms with Crippen molar-refractivity contribution >= 4 is 48.5 Å². The van der Waals surface area contributed by atoms with E-state index in [4.69, 9.17) is 15.3 Å². The number of nitrogens with one attached hydrogen (secondary N) is 1. The van der Waals surface area contributed by atoms with Crippen molar-refractivity contribution in [3.63, 3.8) is 0 Å². The van der Waals surface area contributed by atoms with Crippen LogP contribution in [0, 0.1) is 0 Å². The maximum Gasteiger partial charge on any atom is 0.261 e. The number of H-pyrrole nitrogens is 1. The van der Waals surface area contributed by atoms with Gasteiger partial charge in [-0.2, -0.15) is 8.42 Å². The Bertz CT molecular complexity index is 1830. The summed E-state index contributed by atoms with van der Waals surface area (Å²) in [7, 11) is -7.35. The van der Waals surface area contributed by atoms with Crippen LogP contribution >= 0.6 is 11.3 Å². The highest BCUT2D eigenvalue weighted by Crippen LogP contribution is 2.36. The molecule has 10 nitrogen and oxygen atoms in total. The van der Waals surface area contributed by atoms with Gasteiger partial charge in [0.2, 0.25) is 16.0 Å². The van der Waals surface area contributed by atoms with Gasteiger partial charge in [-0.1, -0.05) is 43.3 Å². The number of thiophene rings is 1. The van der Waals surface area contributed by atoms with Gasteiger partial charge >= 0.3 is 0 Å². The van der Waals surface area contributed by atoms with Gasteiger partial charge in [-0.3, -0.25) is 4.55 Å². The van der Waals surface area contributed by atoms with Crippen LogP contribution in [0.5, 0.6) is 0 Å². The van der Waals surface area contributed by atoms with Gasteiger partial charge in [-0.05, 0) is 44.5 Å². The van der Waals surface area contributed by atoms with E-state index >= 15 is 0 Å². The number of aryl methyl sites for hydroxylation is 1. The average molecular weight is 588 g/mol. The van der Waals surface area contributed by atoms with Crippen molar-refractivity contribution in [2.45, 2.75) is 32.4 Å². The first-order valence-electron chi connectivity index (χ1n) is 12.0. The number of aromatic amines is 1. The molecule has 2 aromatic carbocycles. The van der Waals surface area contributed by atoms with Crippen molar-refractivity contribution in [1.82, 2.24) is 18.9 Å². The topological polar surface area (TPSA) is 161 Å². The molecule has 0 radical (unpaired) electrons. The molecular weight excluding hydrogens is 559 g/mol. The number of aromatic nitrogens is 4. The van der Waals surface area contributed by atoms with Gasteiger partial charge in [0.1, 0.15) is 5.82 Å². The van der Waals surface area contributed by atoms with Gasteiger partial charge in [-0.15, -0.1) is 11.3 Å². The minimum absolute atomic E-state index is 0.0440. The van der Waals surface area contributed by atoms with Crippen LogP contribution in [-0.4, -0.2) is 51.8 Å². The number of anilines is 1. The molecule has 0 saturated carbocycles. The number of imidazole rings is 2. The highest BCUT2D eigenvalue weighted by molar-refractivity contribution is 7.90. The second kappa shape index (κ2) is 10.9. The molecule has 3 heterocycles. The van der Waals surface area contributed by atoms with Crippen molar-refractivity contribution in [3.8, 4) is 33.2 Å². The van der Waals surface area contributed by atoms with Crippen LogP contribution in [0.3, 0.4) is 0 Å². The van der Waals surface area contributed by atoms with Crippen LogP contribution in [-0.2, 0) is 26.6 Å². The van der Waals surface area contributed by atoms with E-state index in [1.54, 1.807) is 37.3 Å². The Kier molecular flexibility index (Phi) is 7.98. The molecule has 0 aliphatic rings. The summed E-state index contributed by atoms with van der Waals surface area (Å²) in [5.41, 5.74) is 10.4. The molecule has 0 aliphatic heterocycles. The van der Waals surface area contributed by atoms with Crippen LogP contribution in [0.1, 0.15) is 25.6 Å². The lowest BCUT2D eigenvalue weighted by Crippen LogP contribution is -2.23. The fraction of sp³-hybridized carbons (Fsp3) is 0.231. The first kappa shape index (κ1) is 28.5. The van der Waals surface area contributed by atoms with E-state index in [-0.39, 0.29) is 5.95 Å². The van der Waals surface area contributed by atoms with Crippen molar-refractivity contribution < 1.29 is 21.4 Å². The van der Waals surface area contributed by atoms with E-state index < -0.39 is 25.4 Å². The van der Waals surface area contributed by atoms with Crippen LogP contribution < -0.4 is 5.73 Å². The van der Waals surface area contributed by atoms with Crippen LogP contribution in [0.4, 0.5) is 5.95 Å². The number of fused-ring (bicyclic) bond motifs is 1. The number of hydrogen-bond donors (Lipinski definition) is 3. The summed E-state index contributed by atoms with van der Waals surface area (Å²) < 4.78 is 53.0. The summed E-state index contributed by atoms with van der Waals surface area (Å²) in [5, 5.41) is -0.640. The number of rotatable bonds is 6. The molecule has 0 bridgehead atoms. The summed E-state index contributed by atoms with van der Waals surface area (Å²) in [6.45, 7) is 5.39. The average Bonchev–Trinajstić information content (AvgIpc) is 3.59. The van der Waals surface area contributed by atoms with Gasteiger partial charge in [-0.25, -0.2) is 22.4 Å². The van der Waals surface area contributed by atoms with Crippen molar-refractivity contribution in [3.05, 3.63) is 65.5 Å². The normalized spacial score (nSPS) is 12.1. The van der Waals surface area contributed by atoms with Crippen LogP contribution in [0.2, 0.25) is 0 Å². The standard InChI is InChI=1S/C25H25N5O2S2.CH4O3S/c1-4-18-11-13-21(33-18)24-28-22(16-8-6-5-7-9-16)23(29-24)17-10-12-19-20(14-17)30(25(26)27-19)34(31,32)15(2)3;1-5(2,3)4/h5-15H,4H2,1-3H3,(H2,26,27)(H,28,29);1H3,(H,2,3,4). The summed E-state index contributed by atoms with van der Waals surface area (Å²) in [6.07, 6.45) is 1.68. The maximum absolute atomic E-state index is 13.0. The fourth-order valence-electron chi connectivity index (χ4n) is 3.91. The third-order valence-corrected chi connectivity index (χ3v) is 9.09. The third-order valence-electron chi connectivity index (χ3n) is 5.77. The summed E-state index contributed by atoms with van der Waals surface area (Å²) in [4.78, 5) is 15.1. The minimum atomic E-state index is -3.69. The maximum atomic E-state index is 13.0. The Morgan fingerprint density at radius 1 is 1.00 bits per heavy atom. The van der Waals surface area contributed by atoms with Gasteiger partial charge in [0.25, 0.3) is 10.1 Å². The van der Waals surface area contributed by atoms with E-state index in [9.17, 15) is 16.8 Å². The molecule has 5 aromatic rings. The summed E-state index contributed by atoms with van der Waals surface area (Å²) in [6, 6.07) is 19.7. The molecule has 0 unspecified atom stereocenters. The van der Waals surface area contributed by atoms with E-state index in [0.29, 0.717) is 17.3 Å². The summed E-state index contributed by atoms with van der Waals surface area (Å²) in [5.74, 6) is 0.735. The molecular formula is C26H29N5O5S3. The van der Waals surface area contributed by atoms with E-state index in [0.717, 1.165) is 43.6 Å². The highest BCUT2D eigenvalue weighted by Gasteiger charge is 2.25. The fourth-order valence-corrected chi connectivity index (χ4v) is 5.94. The Morgan fingerprint density at radius 3 is 2.26 bits per heavy atom. The molecule has 206 valence electrons. The van der Waals surface area contributed by atoms with Gasteiger partial charge in [0.05, 0.1) is 38.8 Å². The zero-order valence-electron chi connectivity index (χ0n) is 21.8. The van der Waals surface area contributed by atoms with Crippen LogP contribution in [0.15, 0.2) is 60.7 Å². The van der Waals surface area contributed by atoms with Crippen LogP contribution in [0.25, 0.3) is 44.2 Å². The predicted octanol–water partition coefficient (Wildman–Crippen LogP) is 5.06. The number of nitrogens with two attached hydrogens (primary N) is 1. The van der Waals surface area contributed by atoms with Gasteiger partial charge < -0.3 is 10.7 Å². The molecule has 0 spiro atoms. The van der Waals surface area contributed by atoms with Crippen molar-refractivity contribution in [2.75, 3.05) is 12.0 Å². The SMILES string of the molecule is CCc1ccc(-c2nc(-c3ccc4nc(N)n(S(=O)(=O)C(C)C)c4c3)c(-c3ccccc3)[nH]2)s1.CS(=O)(=O)O. The molecule has 0 amide bonds. The molecule has 0 saturated heterocycles. The highest BCUT2D eigenvalue weighted by atomic mass is 32.2. The van der Waals surface area contributed by atoms with Crippen molar-refractivity contribution in [1.29, 1.82) is 0 Å².